The predicted molar refractivity (Wildman–Crippen MR) is 373 cm³/mol. The number of carboxylic acid groups (broad SMARTS) is 1. The Bertz CT molecular complexity index is 2030. The Balaban J connectivity index is 4.19. The molecule has 0 radical (unpaired) electrons. The van der Waals surface area contributed by atoms with Crippen molar-refractivity contribution < 1.29 is 42.9 Å². The Morgan fingerprint density at radius 2 is 0.621 bits per heavy atom. The number of esters is 2. The summed E-state index contributed by atoms with van der Waals surface area (Å²) in [7, 11) is 5.96. The number of carbonyl (C=O) groups excluding carboxylic acids is 2. The van der Waals surface area contributed by atoms with Crippen LogP contribution in [0.1, 0.15) is 245 Å². The van der Waals surface area contributed by atoms with Crippen LogP contribution >= 0.6 is 0 Å². The Morgan fingerprint density at radius 3 is 0.920 bits per heavy atom. The number of carboxylic acids is 1. The van der Waals surface area contributed by atoms with Gasteiger partial charge in [0.25, 0.3) is 6.29 Å². The zero-order valence-electron chi connectivity index (χ0n) is 55.9. The number of hydrogen-bond acceptors (Lipinski definition) is 7. The van der Waals surface area contributed by atoms with E-state index >= 15 is 0 Å². The van der Waals surface area contributed by atoms with Gasteiger partial charge in [-0.2, -0.15) is 0 Å². The first-order chi connectivity index (χ1) is 42.6. The summed E-state index contributed by atoms with van der Waals surface area (Å²) in [6.45, 7) is 4.62. The number of carbonyl (C=O) groups is 3. The Labute approximate surface area is 533 Å². The molecule has 0 aromatic carbocycles. The first kappa shape index (κ1) is 81.7. The standard InChI is InChI=1S/C78H125NO8/c1-6-8-10-12-14-16-18-20-22-24-26-28-30-31-32-33-34-35-36-37-38-39-40-41-42-43-44-45-47-49-51-53-55-57-59-61-63-65-67-69-76(81)87-74(73-86-78(77(82)83)84-71-70-79(3,4)5)72-85-75(80)68-66-64-62-60-58-56-54-52-50-48-46-29-27-25-23-21-19-17-15-13-11-9-7-2/h8-11,14-17,20-23,26-29,31-32,34-35,37-38,40-41,43-44,48,50,74,78H,6-7,12-13,18-19,24-25,30,33,36,39,42,45-47,49,51-73H2,1-5H3/p+1/b10-8-,11-9-,16-14-,17-15-,22-20-,23-21-,28-26-,29-27-,32-31-,35-34-,38-37-,41-40-,44-43-,50-48-. The van der Waals surface area contributed by atoms with E-state index in [0.29, 0.717) is 17.4 Å². The summed E-state index contributed by atoms with van der Waals surface area (Å²) in [5.41, 5.74) is 0. The highest BCUT2D eigenvalue weighted by Crippen LogP contribution is 2.15. The first-order valence-corrected chi connectivity index (χ1v) is 34.3. The van der Waals surface area contributed by atoms with Gasteiger partial charge in [-0.05, 0) is 128 Å². The lowest BCUT2D eigenvalue weighted by Gasteiger charge is -2.25. The van der Waals surface area contributed by atoms with Crippen molar-refractivity contribution in [3.63, 3.8) is 0 Å². The highest BCUT2D eigenvalue weighted by atomic mass is 16.7. The summed E-state index contributed by atoms with van der Waals surface area (Å²) in [4.78, 5) is 37.6. The molecule has 2 atom stereocenters. The molecule has 0 rings (SSSR count). The molecule has 490 valence electrons. The molecule has 1 N–H and O–H groups in total. The van der Waals surface area contributed by atoms with Crippen LogP contribution in [-0.2, 0) is 33.3 Å². The van der Waals surface area contributed by atoms with Gasteiger partial charge in [0.15, 0.2) is 6.10 Å². The van der Waals surface area contributed by atoms with Crippen molar-refractivity contribution in [1.82, 2.24) is 0 Å². The summed E-state index contributed by atoms with van der Waals surface area (Å²) >= 11 is 0. The molecule has 0 amide bonds. The molecular formula is C78H126NO8+. The van der Waals surface area contributed by atoms with E-state index in [0.717, 1.165) is 148 Å². The number of hydrogen-bond donors (Lipinski definition) is 1. The fourth-order valence-electron chi connectivity index (χ4n) is 8.80. The van der Waals surface area contributed by atoms with Crippen molar-refractivity contribution in [2.75, 3.05) is 47.5 Å². The molecule has 9 heteroatoms. The summed E-state index contributed by atoms with van der Waals surface area (Å²) in [5.74, 6) is -2.04. The van der Waals surface area contributed by atoms with E-state index < -0.39 is 24.3 Å². The molecule has 9 nitrogen and oxygen atoms in total. The number of allylic oxidation sites excluding steroid dienone is 28. The van der Waals surface area contributed by atoms with Crippen molar-refractivity contribution in [2.45, 2.75) is 257 Å². The number of ether oxygens (including phenoxy) is 4. The van der Waals surface area contributed by atoms with Gasteiger partial charge >= 0.3 is 17.9 Å². The minimum atomic E-state index is -1.53. The molecule has 0 bridgehead atoms. The number of quaternary nitrogens is 1. The third-order valence-corrected chi connectivity index (χ3v) is 14.0. The fraction of sp³-hybridized carbons (Fsp3) is 0.603. The lowest BCUT2D eigenvalue weighted by atomic mass is 10.0. The van der Waals surface area contributed by atoms with Crippen LogP contribution in [-0.4, -0.2) is 87.4 Å². The third-order valence-electron chi connectivity index (χ3n) is 14.0. The average molecular weight is 1210 g/mol. The number of unbranched alkanes of at least 4 members (excludes halogenated alkanes) is 18. The summed E-state index contributed by atoms with van der Waals surface area (Å²) in [5, 5.41) is 9.74. The van der Waals surface area contributed by atoms with Gasteiger partial charge in [0, 0.05) is 12.8 Å². The normalized spacial score (nSPS) is 13.8. The summed E-state index contributed by atoms with van der Waals surface area (Å²) < 4.78 is 22.9. The number of likely N-dealkylation sites (N-methyl/N-ethyl adjacent to an activating group) is 1. The van der Waals surface area contributed by atoms with Crippen LogP contribution in [0.2, 0.25) is 0 Å². The molecule has 0 aromatic rings. The van der Waals surface area contributed by atoms with Gasteiger partial charge in [-0.25, -0.2) is 4.79 Å². The minimum absolute atomic E-state index is 0.176. The van der Waals surface area contributed by atoms with Gasteiger partial charge in [0.2, 0.25) is 0 Å². The topological polar surface area (TPSA) is 108 Å². The zero-order valence-corrected chi connectivity index (χ0v) is 55.9. The lowest BCUT2D eigenvalue weighted by molar-refractivity contribution is -0.870. The van der Waals surface area contributed by atoms with Crippen LogP contribution in [0.4, 0.5) is 0 Å². The Morgan fingerprint density at radius 1 is 0.345 bits per heavy atom. The molecule has 0 aliphatic carbocycles. The smallest absolute Gasteiger partial charge is 0.361 e. The number of rotatable bonds is 61. The van der Waals surface area contributed by atoms with Gasteiger partial charge in [-0.1, -0.05) is 274 Å². The number of aliphatic carboxylic acids is 1. The highest BCUT2D eigenvalue weighted by molar-refractivity contribution is 5.71. The summed E-state index contributed by atoms with van der Waals surface area (Å²) in [6.07, 6.45) is 97.4. The van der Waals surface area contributed by atoms with E-state index in [1.807, 2.05) is 21.1 Å². The van der Waals surface area contributed by atoms with E-state index in [2.05, 4.69) is 184 Å². The first-order valence-electron chi connectivity index (χ1n) is 34.3. The molecule has 0 aliphatic rings. The van der Waals surface area contributed by atoms with E-state index in [4.69, 9.17) is 18.9 Å². The van der Waals surface area contributed by atoms with E-state index in [-0.39, 0.29) is 38.6 Å². The van der Waals surface area contributed by atoms with Gasteiger partial charge in [0.05, 0.1) is 34.4 Å². The predicted octanol–water partition coefficient (Wildman–Crippen LogP) is 21.5. The second kappa shape index (κ2) is 66.6. The second-order valence-electron chi connectivity index (χ2n) is 23.4. The highest BCUT2D eigenvalue weighted by Gasteiger charge is 2.25. The van der Waals surface area contributed by atoms with Crippen LogP contribution in [0, 0.1) is 0 Å². The van der Waals surface area contributed by atoms with E-state index in [9.17, 15) is 19.5 Å². The molecule has 0 saturated carbocycles. The third kappa shape index (κ3) is 68.0. The van der Waals surface area contributed by atoms with Crippen molar-refractivity contribution in [3.8, 4) is 0 Å². The second-order valence-corrected chi connectivity index (χ2v) is 23.4. The fourth-order valence-corrected chi connectivity index (χ4v) is 8.80. The van der Waals surface area contributed by atoms with Crippen LogP contribution in [0.3, 0.4) is 0 Å². The van der Waals surface area contributed by atoms with Gasteiger partial charge in [-0.3, -0.25) is 9.59 Å². The quantitative estimate of drug-likeness (QED) is 0.0211. The minimum Gasteiger partial charge on any atom is -0.477 e. The maximum Gasteiger partial charge on any atom is 0.361 e. The van der Waals surface area contributed by atoms with Crippen LogP contribution in [0.15, 0.2) is 170 Å². The molecule has 0 fully saturated rings. The monoisotopic (exact) mass is 1200 g/mol. The largest absolute Gasteiger partial charge is 0.477 e. The van der Waals surface area contributed by atoms with E-state index in [1.54, 1.807) is 0 Å². The van der Waals surface area contributed by atoms with Crippen LogP contribution in [0.25, 0.3) is 0 Å². The molecule has 0 aromatic heterocycles. The van der Waals surface area contributed by atoms with Crippen molar-refractivity contribution >= 4 is 17.9 Å². The summed E-state index contributed by atoms with van der Waals surface area (Å²) in [6, 6.07) is 0. The lowest BCUT2D eigenvalue weighted by Crippen LogP contribution is -2.40. The van der Waals surface area contributed by atoms with Crippen molar-refractivity contribution in [2.24, 2.45) is 0 Å². The maximum atomic E-state index is 12.9. The Hall–Kier alpha value is -5.35. The molecule has 0 spiro atoms. The zero-order chi connectivity index (χ0) is 63.3. The Kier molecular flexibility index (Phi) is 62.5. The maximum absolute atomic E-state index is 12.9. The molecule has 87 heavy (non-hydrogen) atoms. The van der Waals surface area contributed by atoms with Gasteiger partial charge < -0.3 is 28.5 Å². The van der Waals surface area contributed by atoms with Crippen LogP contribution < -0.4 is 0 Å². The molecule has 0 aliphatic heterocycles. The molecule has 0 saturated heterocycles. The van der Waals surface area contributed by atoms with Crippen molar-refractivity contribution in [3.05, 3.63) is 170 Å². The van der Waals surface area contributed by atoms with Crippen LogP contribution in [0.5, 0.6) is 0 Å². The molecular weight excluding hydrogens is 1080 g/mol. The van der Waals surface area contributed by atoms with Crippen molar-refractivity contribution in [1.29, 1.82) is 0 Å². The molecule has 2 unspecified atom stereocenters. The average Bonchev–Trinajstić information content (AvgIpc) is 3.55. The van der Waals surface area contributed by atoms with Gasteiger partial charge in [0.1, 0.15) is 13.2 Å². The number of nitrogens with zero attached hydrogens (tertiary/aromatic N) is 1. The van der Waals surface area contributed by atoms with E-state index in [1.165, 1.54) is 64.2 Å². The SMILES string of the molecule is CC/C=C\C/C=C\C/C=C\C/C=C\C/C=C\C/C=C\C/C=C\C/C=C\C/C=C\CCCCCCCCCCCCCC(=O)OC(COC(=O)CCCCCCCCC/C=C\C/C=C\C/C=C\C/C=C\C/C=C\CC)COC(OCC[N+](C)(C)C)C(=O)O. The molecule has 0 heterocycles. The van der Waals surface area contributed by atoms with Gasteiger partial charge in [-0.15, -0.1) is 0 Å².